The molecule has 13 heavy (non-hydrogen) atoms. The maximum atomic E-state index is 12.7. The number of halogens is 1. The fourth-order valence-electron chi connectivity index (χ4n) is 1.56. The lowest BCUT2D eigenvalue weighted by Crippen LogP contribution is -2.20. The summed E-state index contributed by atoms with van der Waals surface area (Å²) in [5, 5.41) is 3.25. The summed E-state index contributed by atoms with van der Waals surface area (Å²) in [7, 11) is 0. The summed E-state index contributed by atoms with van der Waals surface area (Å²) in [5.41, 5.74) is 0.895. The van der Waals surface area contributed by atoms with E-state index >= 15 is 0 Å². The standard InChI is InChI=1S/C11H14FN/c12-10-5-2-6-11(7-10)13-8-9-3-1-4-9/h2,5-7,9,13H,1,3-4,8H2. The lowest BCUT2D eigenvalue weighted by atomic mass is 9.85. The van der Waals surface area contributed by atoms with Crippen LogP contribution in [-0.4, -0.2) is 6.54 Å². The Labute approximate surface area is 78.0 Å². The van der Waals surface area contributed by atoms with E-state index in [1.54, 1.807) is 12.1 Å². The molecule has 1 aromatic carbocycles. The van der Waals surface area contributed by atoms with Gasteiger partial charge in [0.15, 0.2) is 0 Å². The molecule has 0 bridgehead atoms. The van der Waals surface area contributed by atoms with Crippen molar-refractivity contribution in [3.05, 3.63) is 30.1 Å². The maximum Gasteiger partial charge on any atom is 0.125 e. The number of anilines is 1. The molecule has 1 N–H and O–H groups in total. The van der Waals surface area contributed by atoms with Gasteiger partial charge in [-0.1, -0.05) is 12.5 Å². The van der Waals surface area contributed by atoms with Crippen LogP contribution in [-0.2, 0) is 0 Å². The predicted molar refractivity (Wildman–Crippen MR) is 52.2 cm³/mol. The van der Waals surface area contributed by atoms with E-state index in [9.17, 15) is 4.39 Å². The minimum atomic E-state index is -0.168. The number of rotatable bonds is 3. The normalized spacial score (nSPS) is 16.7. The van der Waals surface area contributed by atoms with Crippen LogP contribution in [0.25, 0.3) is 0 Å². The lowest BCUT2D eigenvalue weighted by Gasteiger charge is -2.25. The summed E-state index contributed by atoms with van der Waals surface area (Å²) >= 11 is 0. The first kappa shape index (κ1) is 8.54. The van der Waals surface area contributed by atoms with Crippen LogP contribution in [0.15, 0.2) is 24.3 Å². The van der Waals surface area contributed by atoms with Crippen LogP contribution >= 0.6 is 0 Å². The minimum Gasteiger partial charge on any atom is -0.385 e. The van der Waals surface area contributed by atoms with E-state index in [4.69, 9.17) is 0 Å². The Morgan fingerprint density at radius 2 is 2.23 bits per heavy atom. The average Bonchev–Trinajstić information content (AvgIpc) is 2.01. The third-order valence-corrected chi connectivity index (χ3v) is 2.64. The molecule has 70 valence electrons. The second kappa shape index (κ2) is 3.77. The van der Waals surface area contributed by atoms with Crippen LogP contribution in [0.4, 0.5) is 10.1 Å². The second-order valence-electron chi connectivity index (χ2n) is 3.69. The van der Waals surface area contributed by atoms with E-state index in [1.807, 2.05) is 6.07 Å². The van der Waals surface area contributed by atoms with E-state index in [0.29, 0.717) is 0 Å². The summed E-state index contributed by atoms with van der Waals surface area (Å²) in [6, 6.07) is 6.65. The topological polar surface area (TPSA) is 12.0 Å². The molecule has 1 aliphatic rings. The van der Waals surface area contributed by atoms with Crippen molar-refractivity contribution >= 4 is 5.69 Å². The molecule has 2 rings (SSSR count). The Morgan fingerprint density at radius 3 is 2.85 bits per heavy atom. The SMILES string of the molecule is Fc1cccc(NCC2CCC2)c1. The van der Waals surface area contributed by atoms with Gasteiger partial charge in [0.25, 0.3) is 0 Å². The van der Waals surface area contributed by atoms with Gasteiger partial charge in [-0.25, -0.2) is 4.39 Å². The first-order valence-corrected chi connectivity index (χ1v) is 4.84. The van der Waals surface area contributed by atoms with Gasteiger partial charge in [-0.3, -0.25) is 0 Å². The van der Waals surface area contributed by atoms with Gasteiger partial charge in [0.2, 0.25) is 0 Å². The van der Waals surface area contributed by atoms with Crippen molar-refractivity contribution in [3.8, 4) is 0 Å². The molecular weight excluding hydrogens is 165 g/mol. The van der Waals surface area contributed by atoms with Gasteiger partial charge in [0.1, 0.15) is 5.82 Å². The molecule has 0 saturated heterocycles. The van der Waals surface area contributed by atoms with Crippen molar-refractivity contribution in [3.63, 3.8) is 0 Å². The molecule has 0 atom stereocenters. The zero-order valence-corrected chi connectivity index (χ0v) is 7.59. The molecule has 0 spiro atoms. The first-order valence-electron chi connectivity index (χ1n) is 4.84. The van der Waals surface area contributed by atoms with Crippen LogP contribution in [0.3, 0.4) is 0 Å². The molecule has 1 aromatic rings. The van der Waals surface area contributed by atoms with Crippen molar-refractivity contribution in [2.45, 2.75) is 19.3 Å². The second-order valence-corrected chi connectivity index (χ2v) is 3.69. The molecule has 0 unspecified atom stereocenters. The quantitative estimate of drug-likeness (QED) is 0.752. The summed E-state index contributed by atoms with van der Waals surface area (Å²) in [5.74, 6) is 0.641. The van der Waals surface area contributed by atoms with Gasteiger partial charge in [-0.15, -0.1) is 0 Å². The molecule has 1 nitrogen and oxygen atoms in total. The van der Waals surface area contributed by atoms with Crippen LogP contribution in [0.5, 0.6) is 0 Å². The maximum absolute atomic E-state index is 12.7. The van der Waals surface area contributed by atoms with E-state index in [0.717, 1.165) is 18.2 Å². The van der Waals surface area contributed by atoms with Crippen LogP contribution in [0.2, 0.25) is 0 Å². The van der Waals surface area contributed by atoms with E-state index in [1.165, 1.54) is 25.3 Å². The van der Waals surface area contributed by atoms with E-state index in [2.05, 4.69) is 5.32 Å². The van der Waals surface area contributed by atoms with Gasteiger partial charge >= 0.3 is 0 Å². The van der Waals surface area contributed by atoms with Gasteiger partial charge < -0.3 is 5.32 Å². The molecule has 0 amide bonds. The minimum absolute atomic E-state index is 0.168. The summed E-state index contributed by atoms with van der Waals surface area (Å²) in [4.78, 5) is 0. The van der Waals surface area contributed by atoms with Crippen molar-refractivity contribution in [2.75, 3.05) is 11.9 Å². The first-order chi connectivity index (χ1) is 6.34. The van der Waals surface area contributed by atoms with E-state index in [-0.39, 0.29) is 5.82 Å². The number of benzene rings is 1. The van der Waals surface area contributed by atoms with Crippen molar-refractivity contribution in [1.82, 2.24) is 0 Å². The lowest BCUT2D eigenvalue weighted by molar-refractivity contribution is 0.333. The highest BCUT2D eigenvalue weighted by atomic mass is 19.1. The average molecular weight is 179 g/mol. The largest absolute Gasteiger partial charge is 0.385 e. The Balaban J connectivity index is 1.86. The Bertz CT molecular complexity index is 281. The molecule has 2 heteroatoms. The third kappa shape index (κ3) is 2.20. The van der Waals surface area contributed by atoms with Gasteiger partial charge in [-0.05, 0) is 37.0 Å². The van der Waals surface area contributed by atoms with Crippen LogP contribution in [0.1, 0.15) is 19.3 Å². The van der Waals surface area contributed by atoms with Crippen molar-refractivity contribution in [1.29, 1.82) is 0 Å². The number of hydrogen-bond donors (Lipinski definition) is 1. The molecule has 0 aliphatic heterocycles. The van der Waals surface area contributed by atoms with Crippen LogP contribution < -0.4 is 5.32 Å². The molecular formula is C11H14FN. The fraction of sp³-hybridized carbons (Fsp3) is 0.455. The number of nitrogens with one attached hydrogen (secondary N) is 1. The molecule has 0 heterocycles. The molecule has 0 radical (unpaired) electrons. The monoisotopic (exact) mass is 179 g/mol. The number of hydrogen-bond acceptors (Lipinski definition) is 1. The highest BCUT2D eigenvalue weighted by molar-refractivity contribution is 5.43. The Morgan fingerprint density at radius 1 is 1.38 bits per heavy atom. The summed E-state index contributed by atoms with van der Waals surface area (Å²) in [6.07, 6.45) is 4.00. The predicted octanol–water partition coefficient (Wildman–Crippen LogP) is 3.04. The van der Waals surface area contributed by atoms with Gasteiger partial charge in [-0.2, -0.15) is 0 Å². The van der Waals surface area contributed by atoms with E-state index < -0.39 is 0 Å². The Kier molecular flexibility index (Phi) is 2.48. The third-order valence-electron chi connectivity index (χ3n) is 2.64. The zero-order chi connectivity index (χ0) is 9.10. The molecule has 0 aromatic heterocycles. The Hall–Kier alpha value is -1.05. The van der Waals surface area contributed by atoms with Crippen molar-refractivity contribution in [2.24, 2.45) is 5.92 Å². The van der Waals surface area contributed by atoms with Gasteiger partial charge in [0.05, 0.1) is 0 Å². The molecule has 1 aliphatic carbocycles. The summed E-state index contributed by atoms with van der Waals surface area (Å²) in [6.45, 7) is 0.990. The zero-order valence-electron chi connectivity index (χ0n) is 7.59. The highest BCUT2D eigenvalue weighted by Crippen LogP contribution is 2.26. The van der Waals surface area contributed by atoms with Gasteiger partial charge in [0, 0.05) is 12.2 Å². The highest BCUT2D eigenvalue weighted by Gasteiger charge is 2.16. The van der Waals surface area contributed by atoms with Crippen LogP contribution in [0, 0.1) is 11.7 Å². The molecule has 1 fully saturated rings. The molecule has 1 saturated carbocycles. The smallest absolute Gasteiger partial charge is 0.125 e. The fourth-order valence-corrected chi connectivity index (χ4v) is 1.56. The summed E-state index contributed by atoms with van der Waals surface area (Å²) < 4.78 is 12.7. The van der Waals surface area contributed by atoms with Crippen molar-refractivity contribution < 1.29 is 4.39 Å².